The lowest BCUT2D eigenvalue weighted by atomic mass is 9.99. The molecular formula is C15H16N2O3. The fourth-order valence-corrected chi connectivity index (χ4v) is 2.35. The highest BCUT2D eigenvalue weighted by molar-refractivity contribution is 5.89. The van der Waals surface area contributed by atoms with Gasteiger partial charge in [-0.2, -0.15) is 0 Å². The molecule has 1 aromatic rings. The van der Waals surface area contributed by atoms with Gasteiger partial charge in [-0.1, -0.05) is 5.92 Å². The molecule has 0 saturated carbocycles. The molecule has 5 nitrogen and oxygen atoms in total. The first-order chi connectivity index (χ1) is 9.61. The predicted octanol–water partition coefficient (Wildman–Crippen LogP) is 0.887. The number of amides is 1. The maximum Gasteiger partial charge on any atom is 0.335 e. The van der Waals surface area contributed by atoms with Crippen LogP contribution in [-0.2, 0) is 11.2 Å². The Balaban J connectivity index is 2.14. The number of rotatable bonds is 4. The van der Waals surface area contributed by atoms with E-state index in [0.717, 1.165) is 30.6 Å². The lowest BCUT2D eigenvalue weighted by Crippen LogP contribution is -2.40. The highest BCUT2D eigenvalue weighted by Crippen LogP contribution is 2.27. The van der Waals surface area contributed by atoms with Gasteiger partial charge in [0.1, 0.15) is 0 Å². The van der Waals surface area contributed by atoms with Crippen molar-refractivity contribution < 1.29 is 14.7 Å². The summed E-state index contributed by atoms with van der Waals surface area (Å²) in [5.41, 5.74) is 2.18. The number of hydrogen-bond donors (Lipinski definition) is 2. The molecule has 2 rings (SSSR count). The van der Waals surface area contributed by atoms with Crippen molar-refractivity contribution in [2.75, 3.05) is 24.5 Å². The van der Waals surface area contributed by atoms with Crippen molar-refractivity contribution in [2.45, 2.75) is 12.8 Å². The standard InChI is InChI=1S/C15H16N2O3/c1-2-7-16-14(18)10-17-8-3-4-11-9-12(15(19)20)5-6-13(11)17/h1,5-6,9H,3-4,7-8,10H2,(H,16,18)(H,19,20). The summed E-state index contributed by atoms with van der Waals surface area (Å²) in [4.78, 5) is 24.6. The molecule has 0 spiro atoms. The van der Waals surface area contributed by atoms with Crippen LogP contribution in [-0.4, -0.2) is 36.6 Å². The van der Waals surface area contributed by atoms with E-state index in [2.05, 4.69) is 11.2 Å². The van der Waals surface area contributed by atoms with E-state index < -0.39 is 5.97 Å². The van der Waals surface area contributed by atoms with Crippen molar-refractivity contribution in [1.82, 2.24) is 5.32 Å². The summed E-state index contributed by atoms with van der Waals surface area (Å²) in [5, 5.41) is 11.6. The molecule has 0 aromatic heterocycles. The van der Waals surface area contributed by atoms with Crippen molar-refractivity contribution in [1.29, 1.82) is 0 Å². The minimum Gasteiger partial charge on any atom is -0.478 e. The van der Waals surface area contributed by atoms with Crippen molar-refractivity contribution in [2.24, 2.45) is 0 Å². The first-order valence-electron chi connectivity index (χ1n) is 6.43. The zero-order valence-corrected chi connectivity index (χ0v) is 11.1. The van der Waals surface area contributed by atoms with E-state index >= 15 is 0 Å². The maximum atomic E-state index is 11.7. The van der Waals surface area contributed by atoms with E-state index in [-0.39, 0.29) is 24.6 Å². The second-order valence-corrected chi connectivity index (χ2v) is 4.65. The average molecular weight is 272 g/mol. The Morgan fingerprint density at radius 1 is 1.45 bits per heavy atom. The van der Waals surface area contributed by atoms with Crippen molar-refractivity contribution in [3.8, 4) is 12.3 Å². The van der Waals surface area contributed by atoms with Gasteiger partial charge in [0.2, 0.25) is 5.91 Å². The minimum absolute atomic E-state index is 0.127. The number of carbonyl (C=O) groups is 2. The molecule has 0 saturated heterocycles. The zero-order chi connectivity index (χ0) is 14.5. The summed E-state index contributed by atoms with van der Waals surface area (Å²) in [6.45, 7) is 1.24. The number of anilines is 1. The first kappa shape index (κ1) is 13.9. The SMILES string of the molecule is C#CCNC(=O)CN1CCCc2cc(C(=O)O)ccc21. The molecule has 0 fully saturated rings. The van der Waals surface area contributed by atoms with Crippen LogP contribution in [0.2, 0.25) is 0 Å². The monoisotopic (exact) mass is 272 g/mol. The van der Waals surface area contributed by atoms with E-state index in [4.69, 9.17) is 11.5 Å². The van der Waals surface area contributed by atoms with Crippen LogP contribution in [0.5, 0.6) is 0 Å². The molecule has 1 aliphatic rings. The van der Waals surface area contributed by atoms with Crippen LogP contribution in [0.1, 0.15) is 22.3 Å². The van der Waals surface area contributed by atoms with Gasteiger partial charge in [0.25, 0.3) is 0 Å². The van der Waals surface area contributed by atoms with Gasteiger partial charge in [0.15, 0.2) is 0 Å². The number of nitrogens with one attached hydrogen (secondary N) is 1. The van der Waals surface area contributed by atoms with Crippen LogP contribution in [0.25, 0.3) is 0 Å². The minimum atomic E-state index is -0.934. The Hall–Kier alpha value is -2.48. The molecule has 0 unspecified atom stereocenters. The first-order valence-corrected chi connectivity index (χ1v) is 6.43. The number of nitrogens with zero attached hydrogens (tertiary/aromatic N) is 1. The predicted molar refractivity (Wildman–Crippen MR) is 75.8 cm³/mol. The lowest BCUT2D eigenvalue weighted by Gasteiger charge is -2.30. The van der Waals surface area contributed by atoms with E-state index in [0.29, 0.717) is 0 Å². The Labute approximate surface area is 117 Å². The summed E-state index contributed by atoms with van der Waals surface area (Å²) in [7, 11) is 0. The molecule has 5 heteroatoms. The number of carboxylic acids is 1. The molecule has 1 heterocycles. The Morgan fingerprint density at radius 3 is 2.95 bits per heavy atom. The number of aryl methyl sites for hydroxylation is 1. The van der Waals surface area contributed by atoms with Crippen LogP contribution in [0.4, 0.5) is 5.69 Å². The van der Waals surface area contributed by atoms with Crippen molar-refractivity contribution in [3.05, 3.63) is 29.3 Å². The highest BCUT2D eigenvalue weighted by Gasteiger charge is 2.20. The van der Waals surface area contributed by atoms with E-state index in [9.17, 15) is 9.59 Å². The third kappa shape index (κ3) is 3.09. The Bertz CT molecular complexity index is 575. The third-order valence-corrected chi connectivity index (χ3v) is 3.26. The van der Waals surface area contributed by atoms with Crippen LogP contribution in [0, 0.1) is 12.3 Å². The summed E-state index contributed by atoms with van der Waals surface area (Å²) < 4.78 is 0. The van der Waals surface area contributed by atoms with Gasteiger partial charge in [-0.25, -0.2) is 4.79 Å². The second kappa shape index (κ2) is 6.11. The molecule has 0 radical (unpaired) electrons. The topological polar surface area (TPSA) is 69.6 Å². The maximum absolute atomic E-state index is 11.7. The van der Waals surface area contributed by atoms with E-state index in [1.54, 1.807) is 18.2 Å². The molecule has 0 bridgehead atoms. The molecule has 2 N–H and O–H groups in total. The summed E-state index contributed by atoms with van der Waals surface area (Å²) in [6, 6.07) is 5.02. The zero-order valence-electron chi connectivity index (χ0n) is 11.1. The molecule has 1 amide bonds. The van der Waals surface area contributed by atoms with Gasteiger partial charge in [-0.3, -0.25) is 4.79 Å². The van der Waals surface area contributed by atoms with Gasteiger partial charge in [0.05, 0.1) is 18.7 Å². The molecule has 0 atom stereocenters. The fraction of sp³-hybridized carbons (Fsp3) is 0.333. The fourth-order valence-electron chi connectivity index (χ4n) is 2.35. The van der Waals surface area contributed by atoms with Gasteiger partial charge < -0.3 is 15.3 Å². The quantitative estimate of drug-likeness (QED) is 0.799. The van der Waals surface area contributed by atoms with Crippen molar-refractivity contribution >= 4 is 17.6 Å². The third-order valence-electron chi connectivity index (χ3n) is 3.26. The van der Waals surface area contributed by atoms with Gasteiger partial charge in [0, 0.05) is 12.2 Å². The summed E-state index contributed by atoms with van der Waals surface area (Å²) in [5.74, 6) is 1.30. The highest BCUT2D eigenvalue weighted by atomic mass is 16.4. The molecule has 104 valence electrons. The lowest BCUT2D eigenvalue weighted by molar-refractivity contribution is -0.119. The van der Waals surface area contributed by atoms with E-state index in [1.807, 2.05) is 4.90 Å². The number of carbonyl (C=O) groups excluding carboxylic acids is 1. The molecule has 20 heavy (non-hydrogen) atoms. The van der Waals surface area contributed by atoms with E-state index in [1.165, 1.54) is 0 Å². The Morgan fingerprint density at radius 2 is 2.25 bits per heavy atom. The number of benzene rings is 1. The van der Waals surface area contributed by atoms with Gasteiger partial charge in [-0.05, 0) is 36.6 Å². The normalized spacial score (nSPS) is 13.2. The largest absolute Gasteiger partial charge is 0.478 e. The number of fused-ring (bicyclic) bond motifs is 1. The van der Waals surface area contributed by atoms with Gasteiger partial charge in [-0.15, -0.1) is 6.42 Å². The van der Waals surface area contributed by atoms with Crippen LogP contribution < -0.4 is 10.2 Å². The number of aromatic carboxylic acids is 1. The average Bonchev–Trinajstić information content (AvgIpc) is 2.44. The number of hydrogen-bond acceptors (Lipinski definition) is 3. The van der Waals surface area contributed by atoms with Crippen LogP contribution >= 0.6 is 0 Å². The van der Waals surface area contributed by atoms with Crippen LogP contribution in [0.15, 0.2) is 18.2 Å². The summed E-state index contributed by atoms with van der Waals surface area (Å²) in [6.07, 6.45) is 6.83. The molecule has 0 aliphatic carbocycles. The number of carboxylic acid groups (broad SMARTS) is 1. The van der Waals surface area contributed by atoms with Crippen LogP contribution in [0.3, 0.4) is 0 Å². The smallest absolute Gasteiger partial charge is 0.335 e. The summed E-state index contributed by atoms with van der Waals surface area (Å²) >= 11 is 0. The number of terminal acetylenes is 1. The van der Waals surface area contributed by atoms with Gasteiger partial charge >= 0.3 is 5.97 Å². The molecule has 1 aromatic carbocycles. The van der Waals surface area contributed by atoms with Crippen molar-refractivity contribution in [3.63, 3.8) is 0 Å². The molecular weight excluding hydrogens is 256 g/mol. The Kier molecular flexibility index (Phi) is 4.26. The molecule has 1 aliphatic heterocycles. The second-order valence-electron chi connectivity index (χ2n) is 4.65.